The molecule has 39 heavy (non-hydrogen) atoms. The number of amides is 1. The van der Waals surface area contributed by atoms with Gasteiger partial charge < -0.3 is 24.6 Å². The average molecular weight is 544 g/mol. The van der Waals surface area contributed by atoms with E-state index in [2.05, 4.69) is 20.2 Å². The maximum Gasteiger partial charge on any atom is 0.416 e. The number of aryl methyl sites for hydroxylation is 1. The molecule has 4 rings (SSSR count). The molecular formula is C28H32F3N5O3. The summed E-state index contributed by atoms with van der Waals surface area (Å²) in [6.45, 7) is 7.07. The smallest absolute Gasteiger partial charge is 0.416 e. The van der Waals surface area contributed by atoms with Crippen LogP contribution in [0.5, 0.6) is 5.88 Å². The number of hydrogen-bond acceptors (Lipinski definition) is 7. The van der Waals surface area contributed by atoms with E-state index in [1.807, 2.05) is 19.9 Å². The van der Waals surface area contributed by atoms with Crippen LogP contribution in [-0.4, -0.2) is 67.8 Å². The van der Waals surface area contributed by atoms with Crippen molar-refractivity contribution < 1.29 is 27.4 Å². The van der Waals surface area contributed by atoms with Gasteiger partial charge in [0.2, 0.25) is 5.88 Å². The quantitative estimate of drug-likeness (QED) is 0.427. The number of carbonyl (C=O) groups is 1. The normalized spacial score (nSPS) is 14.0. The van der Waals surface area contributed by atoms with E-state index in [0.717, 1.165) is 28.9 Å². The molecule has 11 heteroatoms. The van der Waals surface area contributed by atoms with Gasteiger partial charge in [0.1, 0.15) is 5.69 Å². The van der Waals surface area contributed by atoms with Gasteiger partial charge in [0.05, 0.1) is 37.3 Å². The number of carbonyl (C=O) groups excluding carboxylic acids is 1. The minimum Gasteiger partial charge on any atom is -0.476 e. The molecule has 1 amide bonds. The summed E-state index contributed by atoms with van der Waals surface area (Å²) < 4.78 is 51.8. The van der Waals surface area contributed by atoms with Crippen LogP contribution in [0.3, 0.4) is 0 Å². The van der Waals surface area contributed by atoms with Crippen LogP contribution >= 0.6 is 0 Å². The van der Waals surface area contributed by atoms with E-state index in [1.54, 1.807) is 31.3 Å². The van der Waals surface area contributed by atoms with Gasteiger partial charge in [-0.05, 0) is 63.8 Å². The lowest BCUT2D eigenvalue weighted by Gasteiger charge is -2.30. The second-order valence-corrected chi connectivity index (χ2v) is 9.55. The Kier molecular flexibility index (Phi) is 8.71. The van der Waals surface area contributed by atoms with Crippen molar-refractivity contribution in [1.82, 2.24) is 14.9 Å². The number of anilines is 2. The number of nitrogens with zero attached hydrogens (tertiary/aromatic N) is 4. The molecule has 3 heterocycles. The minimum absolute atomic E-state index is 0.0823. The predicted molar refractivity (Wildman–Crippen MR) is 143 cm³/mol. The predicted octanol–water partition coefficient (Wildman–Crippen LogP) is 5.02. The van der Waals surface area contributed by atoms with Gasteiger partial charge in [0.15, 0.2) is 0 Å². The monoisotopic (exact) mass is 543 g/mol. The Balaban J connectivity index is 1.65. The molecule has 0 saturated carbocycles. The summed E-state index contributed by atoms with van der Waals surface area (Å²) in [6.07, 6.45) is -1.41. The van der Waals surface area contributed by atoms with Crippen LogP contribution in [-0.2, 0) is 17.5 Å². The molecule has 0 unspecified atom stereocenters. The van der Waals surface area contributed by atoms with Crippen molar-refractivity contribution in [3.05, 3.63) is 65.1 Å². The molecule has 208 valence electrons. The largest absolute Gasteiger partial charge is 0.476 e. The lowest BCUT2D eigenvalue weighted by Crippen LogP contribution is -2.36. The van der Waals surface area contributed by atoms with Crippen LogP contribution in [0.2, 0.25) is 0 Å². The number of pyridine rings is 2. The number of aromatic nitrogens is 2. The number of halogens is 3. The molecule has 1 aliphatic rings. The van der Waals surface area contributed by atoms with Gasteiger partial charge in [-0.2, -0.15) is 13.2 Å². The Morgan fingerprint density at radius 2 is 1.85 bits per heavy atom. The molecular weight excluding hydrogens is 511 g/mol. The molecule has 0 bridgehead atoms. The summed E-state index contributed by atoms with van der Waals surface area (Å²) in [5.74, 6) is -0.132. The fourth-order valence-electron chi connectivity index (χ4n) is 4.41. The maximum atomic E-state index is 13.5. The summed E-state index contributed by atoms with van der Waals surface area (Å²) in [5, 5.41) is 2.71. The second-order valence-electron chi connectivity index (χ2n) is 9.55. The lowest BCUT2D eigenvalue weighted by molar-refractivity contribution is -0.137. The van der Waals surface area contributed by atoms with E-state index in [0.29, 0.717) is 55.7 Å². The van der Waals surface area contributed by atoms with Gasteiger partial charge in [0, 0.05) is 48.2 Å². The first kappa shape index (κ1) is 28.3. The van der Waals surface area contributed by atoms with Crippen molar-refractivity contribution in [2.75, 3.05) is 57.2 Å². The molecule has 2 aromatic heterocycles. The topological polar surface area (TPSA) is 79.8 Å². The van der Waals surface area contributed by atoms with Crippen molar-refractivity contribution in [1.29, 1.82) is 0 Å². The number of hydrogen-bond donors (Lipinski definition) is 1. The third-order valence-electron chi connectivity index (χ3n) is 6.20. The van der Waals surface area contributed by atoms with E-state index >= 15 is 0 Å². The van der Waals surface area contributed by atoms with Gasteiger partial charge in [-0.1, -0.05) is 0 Å². The van der Waals surface area contributed by atoms with E-state index < -0.39 is 17.6 Å². The van der Waals surface area contributed by atoms with Crippen LogP contribution in [0.15, 0.2) is 42.7 Å². The van der Waals surface area contributed by atoms with Gasteiger partial charge >= 0.3 is 6.18 Å². The Labute approximate surface area is 225 Å². The molecule has 1 N–H and O–H groups in total. The number of nitrogens with one attached hydrogen (secondary N) is 1. The van der Waals surface area contributed by atoms with Crippen molar-refractivity contribution >= 4 is 17.3 Å². The summed E-state index contributed by atoms with van der Waals surface area (Å²) >= 11 is 0. The second kappa shape index (κ2) is 12.0. The minimum atomic E-state index is -4.57. The fourth-order valence-corrected chi connectivity index (χ4v) is 4.41. The third kappa shape index (κ3) is 7.04. The van der Waals surface area contributed by atoms with Crippen molar-refractivity contribution in [3.8, 4) is 17.0 Å². The first-order valence-corrected chi connectivity index (χ1v) is 12.6. The molecule has 0 atom stereocenters. The first-order valence-electron chi connectivity index (χ1n) is 12.6. The number of ether oxygens (including phenoxy) is 2. The third-order valence-corrected chi connectivity index (χ3v) is 6.20. The van der Waals surface area contributed by atoms with Crippen LogP contribution in [0, 0.1) is 6.92 Å². The van der Waals surface area contributed by atoms with Crippen LogP contribution < -0.4 is 15.0 Å². The zero-order chi connectivity index (χ0) is 28.2. The summed E-state index contributed by atoms with van der Waals surface area (Å²) in [6, 6.07) is 7.11. The van der Waals surface area contributed by atoms with Crippen LogP contribution in [0.4, 0.5) is 24.5 Å². The molecule has 1 aromatic carbocycles. The number of rotatable bonds is 8. The van der Waals surface area contributed by atoms with Gasteiger partial charge in [-0.25, -0.2) is 4.98 Å². The summed E-state index contributed by atoms with van der Waals surface area (Å²) in [4.78, 5) is 25.9. The molecule has 1 fully saturated rings. The van der Waals surface area contributed by atoms with Gasteiger partial charge in [-0.3, -0.25) is 9.78 Å². The molecule has 0 radical (unpaired) electrons. The number of benzene rings is 1. The highest BCUT2D eigenvalue weighted by atomic mass is 19.4. The van der Waals surface area contributed by atoms with Gasteiger partial charge in [0.25, 0.3) is 5.91 Å². The highest BCUT2D eigenvalue weighted by molar-refractivity contribution is 6.04. The van der Waals surface area contributed by atoms with Crippen molar-refractivity contribution in [2.45, 2.75) is 26.6 Å². The fraction of sp³-hybridized carbons (Fsp3) is 0.393. The zero-order valence-electron chi connectivity index (χ0n) is 22.4. The standard InChI is InChI=1S/C28H32F3N5O3/c1-5-39-27-25(36-6-8-38-9-7-36)13-21(15-33-27)24-14-23(16-32-18(24)2)34-26(37)20-10-19(17-35(3)4)11-22(12-20)28(29,30)31/h10-16H,5-9,17H2,1-4H3,(H,34,37). The van der Waals surface area contributed by atoms with Gasteiger partial charge in [-0.15, -0.1) is 0 Å². The Hall–Kier alpha value is -3.70. The zero-order valence-corrected chi connectivity index (χ0v) is 22.4. The Morgan fingerprint density at radius 3 is 2.51 bits per heavy atom. The van der Waals surface area contributed by atoms with Crippen molar-refractivity contribution in [3.63, 3.8) is 0 Å². The van der Waals surface area contributed by atoms with E-state index in [1.165, 1.54) is 12.3 Å². The van der Waals surface area contributed by atoms with Crippen LogP contribution in [0.1, 0.15) is 34.1 Å². The van der Waals surface area contributed by atoms with Crippen LogP contribution in [0.25, 0.3) is 11.1 Å². The Bertz CT molecular complexity index is 1320. The molecule has 0 aliphatic carbocycles. The molecule has 8 nitrogen and oxygen atoms in total. The lowest BCUT2D eigenvalue weighted by atomic mass is 10.0. The van der Waals surface area contributed by atoms with Crippen molar-refractivity contribution in [2.24, 2.45) is 0 Å². The SMILES string of the molecule is CCOc1ncc(-c2cc(NC(=O)c3cc(CN(C)C)cc(C(F)(F)F)c3)cnc2C)cc1N1CCOCC1. The summed E-state index contributed by atoms with van der Waals surface area (Å²) in [5.41, 5.74) is 2.84. The average Bonchev–Trinajstić information content (AvgIpc) is 2.89. The highest BCUT2D eigenvalue weighted by Crippen LogP contribution is 2.34. The number of morpholine rings is 1. The van der Waals surface area contributed by atoms with E-state index in [9.17, 15) is 18.0 Å². The number of alkyl halides is 3. The maximum absolute atomic E-state index is 13.5. The molecule has 1 aliphatic heterocycles. The summed E-state index contributed by atoms with van der Waals surface area (Å²) in [7, 11) is 3.50. The molecule has 1 saturated heterocycles. The molecule has 3 aromatic rings. The van der Waals surface area contributed by atoms with E-state index in [-0.39, 0.29) is 12.1 Å². The Morgan fingerprint density at radius 1 is 1.10 bits per heavy atom. The first-order chi connectivity index (χ1) is 18.5. The van der Waals surface area contributed by atoms with E-state index in [4.69, 9.17) is 9.47 Å². The highest BCUT2D eigenvalue weighted by Gasteiger charge is 2.32. The molecule has 0 spiro atoms.